The maximum atomic E-state index is 11.0. The van der Waals surface area contributed by atoms with Crippen LogP contribution in [0.3, 0.4) is 0 Å². The monoisotopic (exact) mass is 224 g/mol. The molecule has 15 heavy (non-hydrogen) atoms. The number of benzene rings is 1. The Morgan fingerprint density at radius 2 is 1.73 bits per heavy atom. The first-order valence-electron chi connectivity index (χ1n) is 4.54. The molecule has 0 spiro atoms. The molecule has 0 amide bonds. The molecule has 0 atom stereocenters. The highest BCUT2D eigenvalue weighted by Crippen LogP contribution is 2.08. The summed E-state index contributed by atoms with van der Waals surface area (Å²) < 4.78 is 0. The molecule has 0 aliphatic rings. The molecule has 80 valence electrons. The van der Waals surface area contributed by atoms with Gasteiger partial charge < -0.3 is 10.2 Å². The van der Waals surface area contributed by atoms with Gasteiger partial charge in [-0.1, -0.05) is 25.2 Å². The number of carboxylic acids is 2. The second-order valence-corrected chi connectivity index (χ2v) is 6.47. The van der Waals surface area contributed by atoms with Gasteiger partial charge in [-0.25, -0.2) is 9.59 Å². The first-order chi connectivity index (χ1) is 6.95. The zero-order valence-electron chi connectivity index (χ0n) is 8.52. The van der Waals surface area contributed by atoms with Crippen molar-refractivity contribution in [1.82, 2.24) is 0 Å². The highest BCUT2D eigenvalue weighted by Gasteiger charge is 2.21. The Morgan fingerprint density at radius 3 is 2.13 bits per heavy atom. The minimum absolute atomic E-state index is 0.0494. The number of carbonyl (C=O) groups is 2. The Morgan fingerprint density at radius 1 is 1.13 bits per heavy atom. The summed E-state index contributed by atoms with van der Waals surface area (Å²) in [4.78, 5) is 21.9. The van der Waals surface area contributed by atoms with E-state index in [2.05, 4.69) is 0 Å². The molecule has 2 N–H and O–H groups in total. The van der Waals surface area contributed by atoms with Crippen molar-refractivity contribution in [3.05, 3.63) is 29.3 Å². The molecular formula is C10H12O4Si. The van der Waals surface area contributed by atoms with E-state index in [1.54, 1.807) is 12.1 Å². The standard InChI is InChI=1S/C10H12O4Si/c1-15(2)7-5-3-4-6(9(11)12)8(7)10(13)14/h3-5,15H,1-2H3,(H,11,12)(H,13,14). The summed E-state index contributed by atoms with van der Waals surface area (Å²) in [5, 5.41) is 18.6. The lowest BCUT2D eigenvalue weighted by Crippen LogP contribution is -2.31. The third-order valence-electron chi connectivity index (χ3n) is 2.16. The number of hydrogen-bond donors (Lipinski definition) is 2. The summed E-state index contributed by atoms with van der Waals surface area (Å²) in [7, 11) is -1.34. The Balaban J connectivity index is 3.48. The molecular weight excluding hydrogens is 212 g/mol. The van der Waals surface area contributed by atoms with E-state index in [9.17, 15) is 9.59 Å². The Hall–Kier alpha value is -1.62. The van der Waals surface area contributed by atoms with Crippen LogP contribution in [0.15, 0.2) is 18.2 Å². The minimum Gasteiger partial charge on any atom is -0.478 e. The van der Waals surface area contributed by atoms with Gasteiger partial charge in [0.05, 0.1) is 19.9 Å². The van der Waals surface area contributed by atoms with E-state index in [4.69, 9.17) is 10.2 Å². The van der Waals surface area contributed by atoms with Crippen LogP contribution in [0.25, 0.3) is 0 Å². The SMILES string of the molecule is C[SiH](C)c1cccc(C(=O)O)c1C(=O)O. The van der Waals surface area contributed by atoms with Crippen LogP contribution in [0, 0.1) is 0 Å². The van der Waals surface area contributed by atoms with Gasteiger partial charge in [0, 0.05) is 0 Å². The van der Waals surface area contributed by atoms with Crippen LogP contribution in [-0.4, -0.2) is 30.9 Å². The van der Waals surface area contributed by atoms with Crippen molar-refractivity contribution in [3.8, 4) is 0 Å². The third kappa shape index (κ3) is 2.24. The number of aromatic carboxylic acids is 2. The Bertz CT molecular complexity index is 412. The van der Waals surface area contributed by atoms with Gasteiger partial charge in [-0.3, -0.25) is 0 Å². The molecule has 1 aromatic carbocycles. The van der Waals surface area contributed by atoms with Crippen LogP contribution in [0.2, 0.25) is 13.1 Å². The lowest BCUT2D eigenvalue weighted by Gasteiger charge is -2.10. The van der Waals surface area contributed by atoms with Gasteiger partial charge >= 0.3 is 11.9 Å². The first-order valence-corrected chi connectivity index (χ1v) is 7.43. The summed E-state index contributed by atoms with van der Waals surface area (Å²) in [6.07, 6.45) is 0. The summed E-state index contributed by atoms with van der Waals surface area (Å²) in [6, 6.07) is 4.62. The zero-order valence-corrected chi connectivity index (χ0v) is 9.68. The van der Waals surface area contributed by atoms with Gasteiger partial charge in [0.1, 0.15) is 0 Å². The summed E-state index contributed by atoms with van der Waals surface area (Å²) in [5.74, 6) is -2.35. The molecule has 0 saturated carbocycles. The number of carboxylic acid groups (broad SMARTS) is 2. The molecule has 0 aliphatic heterocycles. The molecule has 1 aromatic rings. The van der Waals surface area contributed by atoms with E-state index in [0.29, 0.717) is 5.19 Å². The molecule has 0 aromatic heterocycles. The van der Waals surface area contributed by atoms with Crippen molar-refractivity contribution < 1.29 is 19.8 Å². The van der Waals surface area contributed by atoms with Crippen molar-refractivity contribution in [2.75, 3.05) is 0 Å². The van der Waals surface area contributed by atoms with Crippen molar-refractivity contribution in [3.63, 3.8) is 0 Å². The lowest BCUT2D eigenvalue weighted by atomic mass is 10.1. The molecule has 0 saturated heterocycles. The second kappa shape index (κ2) is 4.27. The second-order valence-electron chi connectivity index (χ2n) is 3.53. The lowest BCUT2D eigenvalue weighted by molar-refractivity contribution is 0.0652. The van der Waals surface area contributed by atoms with E-state index in [-0.39, 0.29) is 11.1 Å². The third-order valence-corrected chi connectivity index (χ3v) is 3.89. The Labute approximate surface area is 88.8 Å². The van der Waals surface area contributed by atoms with E-state index in [1.807, 2.05) is 13.1 Å². The predicted molar refractivity (Wildman–Crippen MR) is 58.9 cm³/mol. The van der Waals surface area contributed by atoms with Crippen molar-refractivity contribution >= 4 is 25.9 Å². The van der Waals surface area contributed by atoms with Crippen LogP contribution in [-0.2, 0) is 0 Å². The molecule has 0 fully saturated rings. The maximum Gasteiger partial charge on any atom is 0.336 e. The van der Waals surface area contributed by atoms with E-state index < -0.39 is 20.7 Å². The molecule has 0 bridgehead atoms. The fraction of sp³-hybridized carbons (Fsp3) is 0.200. The van der Waals surface area contributed by atoms with E-state index in [0.717, 1.165) is 0 Å². The maximum absolute atomic E-state index is 11.0. The smallest absolute Gasteiger partial charge is 0.336 e. The normalized spacial score (nSPS) is 10.3. The van der Waals surface area contributed by atoms with Gasteiger partial charge in [0.25, 0.3) is 0 Å². The van der Waals surface area contributed by atoms with E-state index in [1.165, 1.54) is 6.07 Å². The molecule has 4 nitrogen and oxygen atoms in total. The minimum atomic E-state index is -1.34. The first kappa shape index (κ1) is 11.5. The quantitative estimate of drug-likeness (QED) is 0.744. The fourth-order valence-corrected chi connectivity index (χ4v) is 2.82. The topological polar surface area (TPSA) is 74.6 Å². The molecule has 0 aliphatic carbocycles. The van der Waals surface area contributed by atoms with Crippen LogP contribution in [0.4, 0.5) is 0 Å². The molecule has 0 unspecified atom stereocenters. The van der Waals surface area contributed by atoms with Crippen LogP contribution < -0.4 is 5.19 Å². The highest BCUT2D eigenvalue weighted by molar-refractivity contribution is 6.72. The van der Waals surface area contributed by atoms with Gasteiger partial charge in [-0.2, -0.15) is 0 Å². The Kier molecular flexibility index (Phi) is 3.26. The number of rotatable bonds is 3. The molecule has 1 rings (SSSR count). The van der Waals surface area contributed by atoms with Crippen molar-refractivity contribution in [2.45, 2.75) is 13.1 Å². The van der Waals surface area contributed by atoms with Gasteiger partial charge in [-0.05, 0) is 11.3 Å². The van der Waals surface area contributed by atoms with Crippen LogP contribution in [0.1, 0.15) is 20.7 Å². The fourth-order valence-electron chi connectivity index (χ4n) is 1.47. The molecule has 0 heterocycles. The largest absolute Gasteiger partial charge is 0.478 e. The van der Waals surface area contributed by atoms with Crippen molar-refractivity contribution in [2.24, 2.45) is 0 Å². The molecule has 5 heteroatoms. The highest BCUT2D eigenvalue weighted by atomic mass is 28.3. The predicted octanol–water partition coefficient (Wildman–Crippen LogP) is 0.777. The van der Waals surface area contributed by atoms with Gasteiger partial charge in [0.15, 0.2) is 0 Å². The van der Waals surface area contributed by atoms with E-state index >= 15 is 0 Å². The van der Waals surface area contributed by atoms with Crippen LogP contribution in [0.5, 0.6) is 0 Å². The summed E-state index contributed by atoms with van der Waals surface area (Å²) >= 11 is 0. The average Bonchev–Trinajstić information content (AvgIpc) is 2.16. The van der Waals surface area contributed by atoms with Gasteiger partial charge in [-0.15, -0.1) is 0 Å². The van der Waals surface area contributed by atoms with Gasteiger partial charge in [0.2, 0.25) is 0 Å². The van der Waals surface area contributed by atoms with Crippen molar-refractivity contribution in [1.29, 1.82) is 0 Å². The summed E-state index contributed by atoms with van der Waals surface area (Å²) in [5.41, 5.74) is -0.173. The molecule has 0 radical (unpaired) electrons. The zero-order chi connectivity index (χ0) is 11.6. The average molecular weight is 224 g/mol. The number of hydrogen-bond acceptors (Lipinski definition) is 2. The van der Waals surface area contributed by atoms with Crippen LogP contribution >= 0.6 is 0 Å². The summed E-state index contributed by atoms with van der Waals surface area (Å²) in [6.45, 7) is 3.93.